The van der Waals surface area contributed by atoms with Gasteiger partial charge in [0.15, 0.2) is 0 Å². The highest BCUT2D eigenvalue weighted by Gasteiger charge is 1.97. The normalized spacial score (nSPS) is 10.9. The number of aliphatic carboxylic acids is 1. The van der Waals surface area contributed by atoms with Gasteiger partial charge in [0.1, 0.15) is 0 Å². The second kappa shape index (κ2) is 10.3. The molecule has 0 aromatic rings. The molecular formula is C12H24O2S. The monoisotopic (exact) mass is 232 g/mol. The summed E-state index contributed by atoms with van der Waals surface area (Å²) in [5, 5.41) is 9.19. The molecule has 0 unspecified atom stereocenters. The standard InChI is InChI=1S/C12H24O2S/c1-11(2)15-10-8-6-4-3-5-7-9-12(13)14/h11H,3-10H2,1-2H3,(H,13,14). The van der Waals surface area contributed by atoms with E-state index in [1.807, 2.05) is 11.8 Å². The molecule has 3 heteroatoms. The highest BCUT2D eigenvalue weighted by molar-refractivity contribution is 7.99. The fourth-order valence-corrected chi connectivity index (χ4v) is 2.25. The van der Waals surface area contributed by atoms with E-state index in [-0.39, 0.29) is 0 Å². The van der Waals surface area contributed by atoms with Crippen molar-refractivity contribution in [3.8, 4) is 0 Å². The molecule has 0 rings (SSSR count). The molecule has 1 N–H and O–H groups in total. The van der Waals surface area contributed by atoms with Gasteiger partial charge in [0, 0.05) is 6.42 Å². The van der Waals surface area contributed by atoms with Crippen LogP contribution in [0.4, 0.5) is 0 Å². The van der Waals surface area contributed by atoms with E-state index in [0.29, 0.717) is 6.42 Å². The number of hydrogen-bond donors (Lipinski definition) is 1. The van der Waals surface area contributed by atoms with Crippen LogP contribution in [0, 0.1) is 0 Å². The number of carboxylic acids is 1. The summed E-state index contributed by atoms with van der Waals surface area (Å²) in [6.07, 6.45) is 7.31. The van der Waals surface area contributed by atoms with E-state index in [4.69, 9.17) is 5.11 Å². The molecule has 90 valence electrons. The summed E-state index contributed by atoms with van der Waals surface area (Å²) in [5.41, 5.74) is 0. The van der Waals surface area contributed by atoms with Crippen LogP contribution in [0.5, 0.6) is 0 Å². The number of unbranched alkanes of at least 4 members (excludes halogenated alkanes) is 5. The van der Waals surface area contributed by atoms with E-state index in [9.17, 15) is 4.79 Å². The van der Waals surface area contributed by atoms with Crippen LogP contribution >= 0.6 is 11.8 Å². The first kappa shape index (κ1) is 14.8. The Balaban J connectivity index is 2.96. The van der Waals surface area contributed by atoms with Gasteiger partial charge >= 0.3 is 5.97 Å². The molecule has 0 saturated heterocycles. The third-order valence-electron chi connectivity index (χ3n) is 2.24. The van der Waals surface area contributed by atoms with Gasteiger partial charge in [-0.3, -0.25) is 4.79 Å². The SMILES string of the molecule is CC(C)SCCCCCCCCC(=O)O. The lowest BCUT2D eigenvalue weighted by molar-refractivity contribution is -0.137. The Kier molecular flexibility index (Phi) is 10.2. The average Bonchev–Trinajstić information content (AvgIpc) is 2.14. The first-order chi connectivity index (χ1) is 7.13. The summed E-state index contributed by atoms with van der Waals surface area (Å²) in [7, 11) is 0. The molecule has 0 fully saturated rings. The van der Waals surface area contributed by atoms with Crippen LogP contribution in [-0.2, 0) is 4.79 Å². The van der Waals surface area contributed by atoms with Crippen molar-refractivity contribution in [3.05, 3.63) is 0 Å². The second-order valence-corrected chi connectivity index (χ2v) is 5.87. The molecule has 0 heterocycles. The largest absolute Gasteiger partial charge is 0.481 e. The summed E-state index contributed by atoms with van der Waals surface area (Å²) in [6.45, 7) is 4.47. The molecule has 0 saturated carbocycles. The van der Waals surface area contributed by atoms with Crippen molar-refractivity contribution in [1.82, 2.24) is 0 Å². The number of carbonyl (C=O) groups is 1. The number of hydrogen-bond acceptors (Lipinski definition) is 2. The molecule has 0 spiro atoms. The minimum atomic E-state index is -0.664. The zero-order valence-electron chi connectivity index (χ0n) is 10.00. The van der Waals surface area contributed by atoms with Gasteiger partial charge in [-0.15, -0.1) is 0 Å². The van der Waals surface area contributed by atoms with Crippen LogP contribution < -0.4 is 0 Å². The summed E-state index contributed by atoms with van der Waals surface area (Å²) in [4.78, 5) is 10.2. The Morgan fingerprint density at radius 3 is 2.13 bits per heavy atom. The van der Waals surface area contributed by atoms with Gasteiger partial charge in [-0.25, -0.2) is 0 Å². The van der Waals surface area contributed by atoms with Crippen LogP contribution in [0.2, 0.25) is 0 Å². The van der Waals surface area contributed by atoms with Crippen LogP contribution in [-0.4, -0.2) is 22.1 Å². The second-order valence-electron chi connectivity index (χ2n) is 4.18. The molecule has 0 bridgehead atoms. The maximum atomic E-state index is 10.2. The quantitative estimate of drug-likeness (QED) is 0.580. The molecule has 0 atom stereocenters. The lowest BCUT2D eigenvalue weighted by Crippen LogP contribution is -1.93. The van der Waals surface area contributed by atoms with E-state index in [1.165, 1.54) is 31.4 Å². The van der Waals surface area contributed by atoms with E-state index in [0.717, 1.165) is 18.1 Å². The number of thioether (sulfide) groups is 1. The van der Waals surface area contributed by atoms with Gasteiger partial charge in [-0.1, -0.05) is 39.5 Å². The highest BCUT2D eigenvalue weighted by Crippen LogP contribution is 2.13. The molecule has 0 aliphatic rings. The van der Waals surface area contributed by atoms with Crippen LogP contribution in [0.25, 0.3) is 0 Å². The Bertz CT molecular complexity index is 158. The summed E-state index contributed by atoms with van der Waals surface area (Å²) < 4.78 is 0. The van der Waals surface area contributed by atoms with Gasteiger partial charge in [-0.2, -0.15) is 11.8 Å². The molecule has 15 heavy (non-hydrogen) atoms. The molecule has 0 aromatic heterocycles. The number of rotatable bonds is 10. The zero-order chi connectivity index (χ0) is 11.5. The third kappa shape index (κ3) is 13.8. The molecule has 0 amide bonds. The third-order valence-corrected chi connectivity index (χ3v) is 3.43. The molecule has 0 aromatic carbocycles. The Labute approximate surface area is 97.8 Å². The van der Waals surface area contributed by atoms with Crippen LogP contribution in [0.1, 0.15) is 58.8 Å². The van der Waals surface area contributed by atoms with Crippen LogP contribution in [0.3, 0.4) is 0 Å². The zero-order valence-corrected chi connectivity index (χ0v) is 10.8. The highest BCUT2D eigenvalue weighted by atomic mass is 32.2. The summed E-state index contributed by atoms with van der Waals surface area (Å²) in [6, 6.07) is 0. The smallest absolute Gasteiger partial charge is 0.303 e. The van der Waals surface area contributed by atoms with Gasteiger partial charge in [0.05, 0.1) is 0 Å². The predicted molar refractivity (Wildman–Crippen MR) is 67.5 cm³/mol. The maximum Gasteiger partial charge on any atom is 0.303 e. The molecule has 0 radical (unpaired) electrons. The summed E-state index contributed by atoms with van der Waals surface area (Å²) in [5.74, 6) is 0.607. The average molecular weight is 232 g/mol. The maximum absolute atomic E-state index is 10.2. The van der Waals surface area contributed by atoms with Crippen molar-refractivity contribution >= 4 is 17.7 Å². The van der Waals surface area contributed by atoms with E-state index < -0.39 is 5.97 Å². The topological polar surface area (TPSA) is 37.3 Å². The lowest BCUT2D eigenvalue weighted by Gasteiger charge is -2.04. The van der Waals surface area contributed by atoms with Gasteiger partial charge in [-0.05, 0) is 23.8 Å². The molecule has 0 aliphatic heterocycles. The minimum Gasteiger partial charge on any atom is -0.481 e. The van der Waals surface area contributed by atoms with Crippen molar-refractivity contribution in [2.45, 2.75) is 64.0 Å². The fraction of sp³-hybridized carbons (Fsp3) is 0.917. The van der Waals surface area contributed by atoms with Crippen molar-refractivity contribution in [1.29, 1.82) is 0 Å². The van der Waals surface area contributed by atoms with E-state index in [2.05, 4.69) is 13.8 Å². The lowest BCUT2D eigenvalue weighted by atomic mass is 10.1. The summed E-state index contributed by atoms with van der Waals surface area (Å²) >= 11 is 2.03. The Morgan fingerprint density at radius 2 is 1.60 bits per heavy atom. The number of carboxylic acid groups (broad SMARTS) is 1. The fourth-order valence-electron chi connectivity index (χ4n) is 1.40. The van der Waals surface area contributed by atoms with Crippen molar-refractivity contribution in [2.75, 3.05) is 5.75 Å². The van der Waals surface area contributed by atoms with Crippen molar-refractivity contribution < 1.29 is 9.90 Å². The molecular weight excluding hydrogens is 208 g/mol. The van der Waals surface area contributed by atoms with E-state index in [1.54, 1.807) is 0 Å². The first-order valence-corrected chi connectivity index (χ1v) is 7.01. The minimum absolute atomic E-state index is 0.337. The Hall–Kier alpha value is -0.180. The van der Waals surface area contributed by atoms with Gasteiger partial charge in [0.2, 0.25) is 0 Å². The van der Waals surface area contributed by atoms with Crippen LogP contribution in [0.15, 0.2) is 0 Å². The first-order valence-electron chi connectivity index (χ1n) is 5.96. The Morgan fingerprint density at radius 1 is 1.07 bits per heavy atom. The predicted octanol–water partition coefficient (Wildman–Crippen LogP) is 3.94. The van der Waals surface area contributed by atoms with Gasteiger partial charge < -0.3 is 5.11 Å². The van der Waals surface area contributed by atoms with E-state index >= 15 is 0 Å². The van der Waals surface area contributed by atoms with Gasteiger partial charge in [0.25, 0.3) is 0 Å². The molecule has 0 aliphatic carbocycles. The van der Waals surface area contributed by atoms with Crippen molar-refractivity contribution in [3.63, 3.8) is 0 Å². The van der Waals surface area contributed by atoms with Crippen molar-refractivity contribution in [2.24, 2.45) is 0 Å². The molecule has 2 nitrogen and oxygen atoms in total.